The van der Waals surface area contributed by atoms with Crippen LogP contribution in [0.4, 0.5) is 0 Å². The van der Waals surface area contributed by atoms with Crippen molar-refractivity contribution in [1.82, 2.24) is 9.78 Å². The Morgan fingerprint density at radius 3 is 2.33 bits per heavy atom. The van der Waals surface area contributed by atoms with Gasteiger partial charge in [-0.25, -0.2) is 4.68 Å². The third-order valence-corrected chi connectivity index (χ3v) is 4.01. The molecule has 0 amide bonds. The Balaban J connectivity index is 1.66. The van der Waals surface area contributed by atoms with Crippen LogP contribution in [-0.2, 0) is 18.0 Å². The van der Waals surface area contributed by atoms with Gasteiger partial charge in [-0.2, -0.15) is 5.10 Å². The first-order chi connectivity index (χ1) is 11.7. The zero-order chi connectivity index (χ0) is 16.8. The van der Waals surface area contributed by atoms with Gasteiger partial charge in [0.2, 0.25) is 0 Å². The summed E-state index contributed by atoms with van der Waals surface area (Å²) in [6.07, 6.45) is 1.62. The molecule has 1 aromatic heterocycles. The molecular weight excluding hydrogens is 322 g/mol. The standard InChI is InChI=1S/C19H18ClN3O/c1-15-18(12-21-24-14-17-10-6-3-7-11-17)19(20)23(22-15)13-16-8-4-2-5-9-16/h2-12H,13-14H2,1H3/b21-12+. The number of benzene rings is 2. The third-order valence-electron chi connectivity index (χ3n) is 3.61. The Morgan fingerprint density at radius 1 is 1.04 bits per heavy atom. The predicted octanol–water partition coefficient (Wildman–Crippen LogP) is 4.44. The lowest BCUT2D eigenvalue weighted by Gasteiger charge is -2.03. The van der Waals surface area contributed by atoms with Gasteiger partial charge in [-0.15, -0.1) is 0 Å². The van der Waals surface area contributed by atoms with Crippen LogP contribution in [0.2, 0.25) is 5.15 Å². The van der Waals surface area contributed by atoms with Gasteiger partial charge in [0.15, 0.2) is 0 Å². The minimum Gasteiger partial charge on any atom is -0.391 e. The predicted molar refractivity (Wildman–Crippen MR) is 96.3 cm³/mol. The summed E-state index contributed by atoms with van der Waals surface area (Å²) in [4.78, 5) is 5.33. The number of nitrogens with zero attached hydrogens (tertiary/aromatic N) is 3. The van der Waals surface area contributed by atoms with Crippen LogP contribution in [0.1, 0.15) is 22.4 Å². The Morgan fingerprint density at radius 2 is 1.67 bits per heavy atom. The quantitative estimate of drug-likeness (QED) is 0.492. The first-order valence-electron chi connectivity index (χ1n) is 7.70. The van der Waals surface area contributed by atoms with E-state index < -0.39 is 0 Å². The van der Waals surface area contributed by atoms with Gasteiger partial charge in [0, 0.05) is 0 Å². The zero-order valence-corrected chi connectivity index (χ0v) is 14.1. The Bertz CT molecular complexity index is 813. The Kier molecular flexibility index (Phi) is 5.29. The molecule has 5 heteroatoms. The molecule has 0 spiro atoms. The lowest BCUT2D eigenvalue weighted by atomic mass is 10.2. The van der Waals surface area contributed by atoms with Crippen molar-refractivity contribution in [2.45, 2.75) is 20.1 Å². The van der Waals surface area contributed by atoms with E-state index in [1.165, 1.54) is 0 Å². The first-order valence-corrected chi connectivity index (χ1v) is 8.08. The Hall–Kier alpha value is -2.59. The number of hydrogen-bond donors (Lipinski definition) is 0. The average Bonchev–Trinajstić information content (AvgIpc) is 2.87. The van der Waals surface area contributed by atoms with E-state index in [1.807, 2.05) is 67.6 Å². The number of aryl methyl sites for hydroxylation is 1. The summed E-state index contributed by atoms with van der Waals surface area (Å²) in [5.41, 5.74) is 3.81. The van der Waals surface area contributed by atoms with E-state index in [1.54, 1.807) is 10.9 Å². The molecule has 4 nitrogen and oxygen atoms in total. The fourth-order valence-electron chi connectivity index (χ4n) is 2.35. The SMILES string of the molecule is Cc1nn(Cc2ccccc2)c(Cl)c1/C=N/OCc1ccccc1. The largest absolute Gasteiger partial charge is 0.391 e. The normalized spacial score (nSPS) is 11.1. The molecule has 0 aliphatic rings. The maximum atomic E-state index is 6.43. The molecule has 1 heterocycles. The van der Waals surface area contributed by atoms with E-state index in [-0.39, 0.29) is 0 Å². The number of rotatable bonds is 6. The van der Waals surface area contributed by atoms with E-state index in [4.69, 9.17) is 16.4 Å². The molecule has 122 valence electrons. The van der Waals surface area contributed by atoms with E-state index in [9.17, 15) is 0 Å². The monoisotopic (exact) mass is 339 g/mol. The molecule has 3 rings (SSSR count). The maximum absolute atomic E-state index is 6.43. The summed E-state index contributed by atoms with van der Waals surface area (Å²) in [6.45, 7) is 2.96. The molecule has 2 aromatic carbocycles. The molecule has 0 radical (unpaired) electrons. The number of aromatic nitrogens is 2. The highest BCUT2D eigenvalue weighted by molar-refractivity contribution is 6.32. The molecule has 3 aromatic rings. The lowest BCUT2D eigenvalue weighted by Crippen LogP contribution is -2.01. The van der Waals surface area contributed by atoms with E-state index in [2.05, 4.69) is 10.3 Å². The second-order valence-corrected chi connectivity index (χ2v) is 5.78. The second-order valence-electron chi connectivity index (χ2n) is 5.43. The summed E-state index contributed by atoms with van der Waals surface area (Å²) in [6, 6.07) is 20.0. The molecule has 0 aliphatic heterocycles. The molecule has 0 fully saturated rings. The summed E-state index contributed by atoms with van der Waals surface area (Å²) >= 11 is 6.43. The van der Waals surface area contributed by atoms with Gasteiger partial charge in [-0.1, -0.05) is 77.4 Å². The smallest absolute Gasteiger partial charge is 0.142 e. The molecule has 0 aliphatic carbocycles. The first kappa shape index (κ1) is 16.3. The van der Waals surface area contributed by atoms with E-state index in [0.717, 1.165) is 22.4 Å². The fraction of sp³-hybridized carbons (Fsp3) is 0.158. The highest BCUT2D eigenvalue weighted by atomic mass is 35.5. The molecule has 0 saturated heterocycles. The highest BCUT2D eigenvalue weighted by Gasteiger charge is 2.12. The minimum atomic E-state index is 0.423. The van der Waals surface area contributed by atoms with Crippen LogP contribution < -0.4 is 0 Å². The van der Waals surface area contributed by atoms with Crippen LogP contribution in [0.15, 0.2) is 65.8 Å². The van der Waals surface area contributed by atoms with Crippen LogP contribution in [0.25, 0.3) is 0 Å². The van der Waals surface area contributed by atoms with Crippen molar-refractivity contribution in [2.24, 2.45) is 5.16 Å². The molecule has 0 unspecified atom stereocenters. The van der Waals surface area contributed by atoms with Crippen molar-refractivity contribution in [3.63, 3.8) is 0 Å². The van der Waals surface area contributed by atoms with Gasteiger partial charge in [0.05, 0.1) is 24.0 Å². The molecular formula is C19H18ClN3O. The van der Waals surface area contributed by atoms with Crippen molar-refractivity contribution in [2.75, 3.05) is 0 Å². The average molecular weight is 340 g/mol. The highest BCUT2D eigenvalue weighted by Crippen LogP contribution is 2.19. The van der Waals surface area contributed by atoms with Crippen LogP contribution >= 0.6 is 11.6 Å². The minimum absolute atomic E-state index is 0.423. The molecule has 0 saturated carbocycles. The van der Waals surface area contributed by atoms with Gasteiger partial charge in [0.1, 0.15) is 11.8 Å². The molecule has 24 heavy (non-hydrogen) atoms. The maximum Gasteiger partial charge on any atom is 0.142 e. The van der Waals surface area contributed by atoms with Gasteiger partial charge in [0.25, 0.3) is 0 Å². The second kappa shape index (κ2) is 7.79. The van der Waals surface area contributed by atoms with Crippen molar-refractivity contribution >= 4 is 17.8 Å². The van der Waals surface area contributed by atoms with Gasteiger partial charge >= 0.3 is 0 Å². The number of halogens is 1. The summed E-state index contributed by atoms with van der Waals surface area (Å²) < 4.78 is 1.77. The third kappa shape index (κ3) is 4.03. The van der Waals surface area contributed by atoms with Gasteiger partial charge < -0.3 is 4.84 Å². The topological polar surface area (TPSA) is 39.4 Å². The van der Waals surface area contributed by atoms with Crippen molar-refractivity contribution in [3.8, 4) is 0 Å². The molecule has 0 N–H and O–H groups in total. The zero-order valence-electron chi connectivity index (χ0n) is 13.4. The van der Waals surface area contributed by atoms with Crippen molar-refractivity contribution in [3.05, 3.63) is 88.2 Å². The van der Waals surface area contributed by atoms with Crippen molar-refractivity contribution in [1.29, 1.82) is 0 Å². The van der Waals surface area contributed by atoms with E-state index >= 15 is 0 Å². The number of oxime groups is 1. The summed E-state index contributed by atoms with van der Waals surface area (Å²) in [5, 5.41) is 9.06. The molecule has 0 bridgehead atoms. The van der Waals surface area contributed by atoms with Crippen LogP contribution in [0, 0.1) is 6.92 Å². The lowest BCUT2D eigenvalue weighted by molar-refractivity contribution is 0.132. The van der Waals surface area contributed by atoms with Crippen LogP contribution in [-0.4, -0.2) is 16.0 Å². The summed E-state index contributed by atoms with van der Waals surface area (Å²) in [5.74, 6) is 0. The Labute approximate surface area is 146 Å². The van der Waals surface area contributed by atoms with Crippen molar-refractivity contribution < 1.29 is 4.84 Å². The summed E-state index contributed by atoms with van der Waals surface area (Å²) in [7, 11) is 0. The fourth-order valence-corrected chi connectivity index (χ4v) is 2.63. The molecule has 0 atom stereocenters. The van der Waals surface area contributed by atoms with Gasteiger partial charge in [-0.05, 0) is 18.1 Å². The van der Waals surface area contributed by atoms with Gasteiger partial charge in [-0.3, -0.25) is 0 Å². The van der Waals surface area contributed by atoms with Crippen LogP contribution in [0.5, 0.6) is 0 Å². The van der Waals surface area contributed by atoms with Crippen LogP contribution in [0.3, 0.4) is 0 Å². The number of hydrogen-bond acceptors (Lipinski definition) is 3. The van der Waals surface area contributed by atoms with E-state index in [0.29, 0.717) is 18.3 Å².